The van der Waals surface area contributed by atoms with Crippen molar-refractivity contribution in [2.24, 2.45) is 5.10 Å². The number of carbonyl (C=O) groups is 1. The van der Waals surface area contributed by atoms with Crippen LogP contribution in [0.15, 0.2) is 57.1 Å². The first-order valence-corrected chi connectivity index (χ1v) is 8.58. The molecular formula is C18H16BrN5O2. The van der Waals surface area contributed by atoms with E-state index in [1.165, 1.54) is 17.1 Å². The number of pyridine rings is 1. The molecule has 0 spiro atoms. The number of aromatic amines is 1. The Balaban J connectivity index is 1.84. The van der Waals surface area contributed by atoms with Crippen molar-refractivity contribution in [1.82, 2.24) is 20.2 Å². The molecule has 0 atom stereocenters. The largest absolute Gasteiger partial charge is 0.295 e. The van der Waals surface area contributed by atoms with E-state index in [1.807, 2.05) is 25.1 Å². The summed E-state index contributed by atoms with van der Waals surface area (Å²) < 4.78 is 2.40. The molecule has 26 heavy (non-hydrogen) atoms. The molecule has 0 bridgehead atoms. The standard InChI is InChI=1S/C18H16BrN5O2/c1-11-8-14(19)5-6-16(11)24-18(26)15(12(2)23-24)10-21-22-17(25)13-4-3-7-20-9-13/h3-10,23H,1-2H3,(H,22,25)/b21-10+. The van der Waals surface area contributed by atoms with Gasteiger partial charge in [0.05, 0.1) is 23.0 Å². The zero-order chi connectivity index (χ0) is 18.7. The van der Waals surface area contributed by atoms with E-state index in [0.29, 0.717) is 16.8 Å². The third-order valence-electron chi connectivity index (χ3n) is 3.80. The van der Waals surface area contributed by atoms with Gasteiger partial charge < -0.3 is 0 Å². The highest BCUT2D eigenvalue weighted by molar-refractivity contribution is 9.10. The highest BCUT2D eigenvalue weighted by Crippen LogP contribution is 2.18. The predicted octanol–water partition coefficient (Wildman–Crippen LogP) is 2.70. The molecule has 3 aromatic rings. The van der Waals surface area contributed by atoms with Crippen molar-refractivity contribution in [2.45, 2.75) is 13.8 Å². The van der Waals surface area contributed by atoms with Crippen molar-refractivity contribution >= 4 is 28.1 Å². The number of benzene rings is 1. The number of halogens is 1. The molecule has 7 nitrogen and oxygen atoms in total. The van der Waals surface area contributed by atoms with E-state index >= 15 is 0 Å². The van der Waals surface area contributed by atoms with E-state index in [9.17, 15) is 9.59 Å². The van der Waals surface area contributed by atoms with Crippen LogP contribution in [0.1, 0.15) is 27.2 Å². The van der Waals surface area contributed by atoms with Crippen molar-refractivity contribution in [3.05, 3.63) is 79.9 Å². The average molecular weight is 414 g/mol. The van der Waals surface area contributed by atoms with E-state index < -0.39 is 5.91 Å². The van der Waals surface area contributed by atoms with Crippen molar-refractivity contribution in [3.63, 3.8) is 0 Å². The lowest BCUT2D eigenvalue weighted by Crippen LogP contribution is -2.20. The van der Waals surface area contributed by atoms with Gasteiger partial charge >= 0.3 is 0 Å². The first-order chi connectivity index (χ1) is 12.5. The first kappa shape index (κ1) is 17.8. The SMILES string of the molecule is Cc1cc(Br)ccc1-n1[nH]c(C)c(/C=N/NC(=O)c2cccnc2)c1=O. The average Bonchev–Trinajstić information content (AvgIpc) is 2.90. The second-order valence-corrected chi connectivity index (χ2v) is 6.58. The zero-order valence-electron chi connectivity index (χ0n) is 14.2. The Morgan fingerprint density at radius 2 is 2.15 bits per heavy atom. The highest BCUT2D eigenvalue weighted by Gasteiger charge is 2.12. The lowest BCUT2D eigenvalue weighted by atomic mass is 10.2. The molecule has 2 N–H and O–H groups in total. The van der Waals surface area contributed by atoms with Crippen LogP contribution >= 0.6 is 15.9 Å². The van der Waals surface area contributed by atoms with E-state index in [4.69, 9.17) is 0 Å². The fraction of sp³-hybridized carbons (Fsp3) is 0.111. The Labute approximate surface area is 157 Å². The summed E-state index contributed by atoms with van der Waals surface area (Å²) in [5.74, 6) is -0.397. The van der Waals surface area contributed by atoms with E-state index in [2.05, 4.69) is 36.5 Å². The number of hydrogen-bond acceptors (Lipinski definition) is 4. The predicted molar refractivity (Wildman–Crippen MR) is 103 cm³/mol. The van der Waals surface area contributed by atoms with Gasteiger partial charge in [-0.2, -0.15) is 5.10 Å². The summed E-state index contributed by atoms with van der Waals surface area (Å²) in [6.45, 7) is 3.70. The fourth-order valence-corrected chi connectivity index (χ4v) is 2.94. The van der Waals surface area contributed by atoms with Gasteiger partial charge in [-0.3, -0.25) is 19.7 Å². The number of H-pyrrole nitrogens is 1. The number of hydrazone groups is 1. The molecule has 132 valence electrons. The van der Waals surface area contributed by atoms with Crippen LogP contribution < -0.4 is 11.0 Å². The van der Waals surface area contributed by atoms with Crippen molar-refractivity contribution < 1.29 is 4.79 Å². The topological polar surface area (TPSA) is 92.1 Å². The smallest absolute Gasteiger partial charge is 0.280 e. The second kappa shape index (κ2) is 7.49. The summed E-state index contributed by atoms with van der Waals surface area (Å²) in [5, 5.41) is 6.92. The van der Waals surface area contributed by atoms with Crippen molar-refractivity contribution in [2.75, 3.05) is 0 Å². The quantitative estimate of drug-likeness (QED) is 0.508. The number of hydrogen-bond donors (Lipinski definition) is 2. The van der Waals surface area contributed by atoms with Gasteiger partial charge in [0.25, 0.3) is 11.5 Å². The second-order valence-electron chi connectivity index (χ2n) is 5.66. The van der Waals surface area contributed by atoms with Gasteiger partial charge in [-0.05, 0) is 49.7 Å². The normalized spacial score (nSPS) is 11.0. The number of amides is 1. The zero-order valence-corrected chi connectivity index (χ0v) is 15.7. The number of aryl methyl sites for hydroxylation is 2. The Bertz CT molecular complexity index is 1040. The minimum absolute atomic E-state index is 0.243. The Morgan fingerprint density at radius 3 is 2.85 bits per heavy atom. The molecule has 0 saturated heterocycles. The van der Waals surface area contributed by atoms with Crippen molar-refractivity contribution in [3.8, 4) is 5.69 Å². The summed E-state index contributed by atoms with van der Waals surface area (Å²) in [7, 11) is 0. The Morgan fingerprint density at radius 1 is 1.35 bits per heavy atom. The summed E-state index contributed by atoms with van der Waals surface area (Å²) in [5.41, 5.74) is 5.25. The molecule has 0 aliphatic heterocycles. The third-order valence-corrected chi connectivity index (χ3v) is 4.29. The summed E-state index contributed by atoms with van der Waals surface area (Å²) in [4.78, 5) is 28.5. The van der Waals surface area contributed by atoms with Crippen LogP contribution in [0.4, 0.5) is 0 Å². The maximum atomic E-state index is 12.7. The van der Waals surface area contributed by atoms with Gasteiger partial charge in [0, 0.05) is 22.6 Å². The molecular weight excluding hydrogens is 398 g/mol. The number of nitrogens with one attached hydrogen (secondary N) is 2. The molecule has 2 heterocycles. The molecule has 0 unspecified atom stereocenters. The lowest BCUT2D eigenvalue weighted by molar-refractivity contribution is 0.0955. The maximum absolute atomic E-state index is 12.7. The molecule has 0 fully saturated rings. The molecule has 3 rings (SSSR count). The van der Waals surface area contributed by atoms with E-state index in [-0.39, 0.29) is 5.56 Å². The molecule has 0 aliphatic rings. The van der Waals surface area contributed by atoms with Gasteiger partial charge in [0.2, 0.25) is 0 Å². The molecule has 8 heteroatoms. The molecule has 1 amide bonds. The molecule has 0 aliphatic carbocycles. The minimum atomic E-state index is -0.397. The van der Waals surface area contributed by atoms with Crippen LogP contribution in [0, 0.1) is 13.8 Å². The summed E-state index contributed by atoms with van der Waals surface area (Å²) in [6.07, 6.45) is 4.36. The van der Waals surface area contributed by atoms with Crippen molar-refractivity contribution in [1.29, 1.82) is 0 Å². The van der Waals surface area contributed by atoms with E-state index in [0.717, 1.165) is 15.7 Å². The number of aromatic nitrogens is 3. The summed E-state index contributed by atoms with van der Waals surface area (Å²) in [6, 6.07) is 8.94. The van der Waals surface area contributed by atoms with Gasteiger partial charge in [-0.15, -0.1) is 0 Å². The molecule has 0 saturated carbocycles. The Hall–Kier alpha value is -3.00. The Kier molecular flexibility index (Phi) is 5.13. The van der Waals surface area contributed by atoms with Gasteiger partial charge in [0.1, 0.15) is 0 Å². The number of rotatable bonds is 4. The number of nitrogens with zero attached hydrogens (tertiary/aromatic N) is 3. The first-order valence-electron chi connectivity index (χ1n) is 7.79. The fourth-order valence-electron chi connectivity index (χ4n) is 2.47. The van der Waals surface area contributed by atoms with Crippen LogP contribution in [0.2, 0.25) is 0 Å². The van der Waals surface area contributed by atoms with Crippen LogP contribution in [0.5, 0.6) is 0 Å². The van der Waals surface area contributed by atoms with Gasteiger partial charge in [-0.25, -0.2) is 10.1 Å². The van der Waals surface area contributed by atoms with Gasteiger partial charge in [0.15, 0.2) is 0 Å². The van der Waals surface area contributed by atoms with Crippen LogP contribution in [-0.4, -0.2) is 26.9 Å². The van der Waals surface area contributed by atoms with Crippen LogP contribution in [-0.2, 0) is 0 Å². The van der Waals surface area contributed by atoms with Gasteiger partial charge in [-0.1, -0.05) is 15.9 Å². The summed E-state index contributed by atoms with van der Waals surface area (Å²) >= 11 is 3.41. The maximum Gasteiger partial charge on any atom is 0.280 e. The van der Waals surface area contributed by atoms with E-state index in [1.54, 1.807) is 25.3 Å². The highest BCUT2D eigenvalue weighted by atomic mass is 79.9. The molecule has 0 radical (unpaired) electrons. The number of carbonyl (C=O) groups excluding carboxylic acids is 1. The van der Waals surface area contributed by atoms with Crippen LogP contribution in [0.25, 0.3) is 5.69 Å². The molecule has 2 aromatic heterocycles. The van der Waals surface area contributed by atoms with Crippen LogP contribution in [0.3, 0.4) is 0 Å². The molecule has 1 aromatic carbocycles. The monoisotopic (exact) mass is 413 g/mol. The lowest BCUT2D eigenvalue weighted by Gasteiger charge is -2.06. The minimum Gasteiger partial charge on any atom is -0.295 e. The third kappa shape index (κ3) is 3.65.